The highest BCUT2D eigenvalue weighted by atomic mass is 16.5. The Morgan fingerprint density at radius 3 is 2.62 bits per heavy atom. The summed E-state index contributed by atoms with van der Waals surface area (Å²) < 4.78 is 5.38. The molecular weight excluding hydrogens is 200 g/mol. The summed E-state index contributed by atoms with van der Waals surface area (Å²) in [5, 5.41) is 3.25. The van der Waals surface area contributed by atoms with Crippen molar-refractivity contribution in [2.45, 2.75) is 19.9 Å². The molecule has 16 heavy (non-hydrogen) atoms. The first-order valence-corrected chi connectivity index (χ1v) is 5.78. The molecule has 0 saturated heterocycles. The molecule has 1 aromatic rings. The van der Waals surface area contributed by atoms with Crippen molar-refractivity contribution in [2.75, 3.05) is 32.1 Å². The Hall–Kier alpha value is -1.22. The van der Waals surface area contributed by atoms with Gasteiger partial charge in [0.1, 0.15) is 5.75 Å². The summed E-state index contributed by atoms with van der Waals surface area (Å²) in [7, 11) is 3.70. The highest BCUT2D eigenvalue weighted by Crippen LogP contribution is 2.27. The molecule has 90 valence electrons. The Morgan fingerprint density at radius 2 is 2.06 bits per heavy atom. The smallest absolute Gasteiger partial charge is 0.142 e. The Bertz CT molecular complexity index is 315. The van der Waals surface area contributed by atoms with E-state index in [-0.39, 0.29) is 0 Å². The average molecular weight is 222 g/mol. The van der Waals surface area contributed by atoms with Crippen molar-refractivity contribution in [3.05, 3.63) is 24.3 Å². The summed E-state index contributed by atoms with van der Waals surface area (Å²) in [6, 6.07) is 8.61. The number of benzene rings is 1. The van der Waals surface area contributed by atoms with Crippen molar-refractivity contribution in [3.8, 4) is 5.75 Å². The Kier molecular flexibility index (Phi) is 5.12. The summed E-state index contributed by atoms with van der Waals surface area (Å²) >= 11 is 0. The molecule has 0 bridgehead atoms. The van der Waals surface area contributed by atoms with E-state index in [1.807, 2.05) is 25.2 Å². The molecule has 0 amide bonds. The van der Waals surface area contributed by atoms with Crippen LogP contribution in [0.2, 0.25) is 0 Å². The van der Waals surface area contributed by atoms with Crippen molar-refractivity contribution in [3.63, 3.8) is 0 Å². The topological polar surface area (TPSA) is 24.5 Å². The number of hydrogen-bond acceptors (Lipinski definition) is 3. The van der Waals surface area contributed by atoms with Gasteiger partial charge in [0.15, 0.2) is 0 Å². The second-order valence-corrected chi connectivity index (χ2v) is 3.90. The molecule has 3 heteroatoms. The summed E-state index contributed by atoms with van der Waals surface area (Å²) in [4.78, 5) is 2.32. The Balaban J connectivity index is 2.85. The van der Waals surface area contributed by atoms with Crippen molar-refractivity contribution in [2.24, 2.45) is 0 Å². The minimum Gasteiger partial charge on any atom is -0.495 e. The van der Waals surface area contributed by atoms with Crippen molar-refractivity contribution in [1.29, 1.82) is 0 Å². The lowest BCUT2D eigenvalue weighted by atomic mass is 10.2. The van der Waals surface area contributed by atoms with Crippen LogP contribution >= 0.6 is 0 Å². The fourth-order valence-corrected chi connectivity index (χ4v) is 1.71. The van der Waals surface area contributed by atoms with Gasteiger partial charge in [-0.1, -0.05) is 12.1 Å². The van der Waals surface area contributed by atoms with Crippen molar-refractivity contribution >= 4 is 5.69 Å². The Morgan fingerprint density at radius 1 is 1.38 bits per heavy atom. The number of anilines is 1. The minimum absolute atomic E-state index is 0.463. The lowest BCUT2D eigenvalue weighted by molar-refractivity contribution is 0.413. The number of ether oxygens (including phenoxy) is 1. The quantitative estimate of drug-likeness (QED) is 0.798. The third-order valence-corrected chi connectivity index (χ3v) is 2.79. The van der Waals surface area contributed by atoms with E-state index in [4.69, 9.17) is 4.74 Å². The number of nitrogens with zero attached hydrogens (tertiary/aromatic N) is 1. The standard InChI is InChI=1S/C13H22N2O/c1-5-15(10-11(2)14-3)12-8-6-7-9-13(12)16-4/h6-9,11,14H,5,10H2,1-4H3. The lowest BCUT2D eigenvalue weighted by Gasteiger charge is -2.27. The second-order valence-electron chi connectivity index (χ2n) is 3.90. The third kappa shape index (κ3) is 3.14. The summed E-state index contributed by atoms with van der Waals surface area (Å²) in [5.74, 6) is 0.938. The minimum atomic E-state index is 0.463. The van der Waals surface area contributed by atoms with Gasteiger partial charge in [-0.3, -0.25) is 0 Å². The Labute approximate surface area is 98.4 Å². The van der Waals surface area contributed by atoms with Crippen LogP contribution in [0.3, 0.4) is 0 Å². The van der Waals surface area contributed by atoms with Crippen LogP contribution in [0.1, 0.15) is 13.8 Å². The van der Waals surface area contributed by atoms with Crippen LogP contribution in [-0.4, -0.2) is 33.3 Å². The van der Waals surface area contributed by atoms with E-state index in [0.29, 0.717) is 6.04 Å². The second kappa shape index (κ2) is 6.38. The SMILES string of the molecule is CCN(CC(C)NC)c1ccccc1OC. The molecule has 0 aliphatic heterocycles. The van der Waals surface area contributed by atoms with Gasteiger partial charge in [0, 0.05) is 19.1 Å². The van der Waals surface area contributed by atoms with Crippen LogP contribution in [0, 0.1) is 0 Å². The van der Waals surface area contributed by atoms with Gasteiger partial charge < -0.3 is 15.0 Å². The van der Waals surface area contributed by atoms with E-state index < -0.39 is 0 Å². The van der Waals surface area contributed by atoms with Gasteiger partial charge in [0.05, 0.1) is 12.8 Å². The zero-order valence-electron chi connectivity index (χ0n) is 10.7. The van der Waals surface area contributed by atoms with E-state index in [1.54, 1.807) is 7.11 Å². The number of methoxy groups -OCH3 is 1. The molecule has 0 fully saturated rings. The molecule has 0 aromatic heterocycles. The molecule has 0 aliphatic rings. The van der Waals surface area contributed by atoms with Gasteiger partial charge in [0.25, 0.3) is 0 Å². The van der Waals surface area contributed by atoms with Gasteiger partial charge in [-0.2, -0.15) is 0 Å². The number of nitrogens with one attached hydrogen (secondary N) is 1. The van der Waals surface area contributed by atoms with E-state index in [9.17, 15) is 0 Å². The first kappa shape index (κ1) is 12.8. The lowest BCUT2D eigenvalue weighted by Crippen LogP contribution is -2.37. The third-order valence-electron chi connectivity index (χ3n) is 2.79. The molecule has 1 aromatic carbocycles. The monoisotopic (exact) mass is 222 g/mol. The predicted molar refractivity (Wildman–Crippen MR) is 69.4 cm³/mol. The highest BCUT2D eigenvalue weighted by molar-refractivity contribution is 5.58. The maximum absolute atomic E-state index is 5.38. The van der Waals surface area contributed by atoms with Crippen LogP contribution < -0.4 is 15.0 Å². The van der Waals surface area contributed by atoms with Crippen LogP contribution in [0.15, 0.2) is 24.3 Å². The zero-order chi connectivity index (χ0) is 12.0. The number of rotatable bonds is 6. The first-order valence-electron chi connectivity index (χ1n) is 5.78. The van der Waals surface area contributed by atoms with Crippen LogP contribution in [0.5, 0.6) is 5.75 Å². The van der Waals surface area contributed by atoms with E-state index in [1.165, 1.54) is 0 Å². The van der Waals surface area contributed by atoms with Crippen LogP contribution in [0.4, 0.5) is 5.69 Å². The largest absolute Gasteiger partial charge is 0.495 e. The first-order chi connectivity index (χ1) is 7.72. The van der Waals surface area contributed by atoms with Crippen molar-refractivity contribution < 1.29 is 4.74 Å². The van der Waals surface area contributed by atoms with E-state index in [2.05, 4.69) is 30.1 Å². The van der Waals surface area contributed by atoms with E-state index in [0.717, 1.165) is 24.5 Å². The molecule has 1 atom stereocenters. The van der Waals surface area contributed by atoms with Gasteiger partial charge in [0.2, 0.25) is 0 Å². The van der Waals surface area contributed by atoms with Gasteiger partial charge in [-0.15, -0.1) is 0 Å². The summed E-state index contributed by atoms with van der Waals surface area (Å²) in [6.07, 6.45) is 0. The number of para-hydroxylation sites is 2. The molecule has 1 N–H and O–H groups in total. The summed E-state index contributed by atoms with van der Waals surface area (Å²) in [6.45, 7) is 6.30. The van der Waals surface area contributed by atoms with Crippen LogP contribution in [-0.2, 0) is 0 Å². The van der Waals surface area contributed by atoms with Gasteiger partial charge in [-0.05, 0) is 33.0 Å². The maximum atomic E-state index is 5.38. The number of hydrogen-bond donors (Lipinski definition) is 1. The maximum Gasteiger partial charge on any atom is 0.142 e. The molecule has 0 saturated carbocycles. The summed E-state index contributed by atoms with van der Waals surface area (Å²) in [5.41, 5.74) is 1.16. The van der Waals surface area contributed by atoms with Crippen LogP contribution in [0.25, 0.3) is 0 Å². The fourth-order valence-electron chi connectivity index (χ4n) is 1.71. The average Bonchev–Trinajstić information content (AvgIpc) is 2.35. The molecule has 0 aliphatic carbocycles. The van der Waals surface area contributed by atoms with Gasteiger partial charge >= 0.3 is 0 Å². The van der Waals surface area contributed by atoms with Crippen molar-refractivity contribution in [1.82, 2.24) is 5.32 Å². The zero-order valence-corrected chi connectivity index (χ0v) is 10.7. The molecule has 0 heterocycles. The molecule has 1 rings (SSSR count). The van der Waals surface area contributed by atoms with Gasteiger partial charge in [-0.25, -0.2) is 0 Å². The number of likely N-dealkylation sites (N-methyl/N-ethyl adjacent to an activating group) is 2. The fraction of sp³-hybridized carbons (Fsp3) is 0.538. The molecule has 0 spiro atoms. The normalized spacial score (nSPS) is 12.2. The molecule has 0 radical (unpaired) electrons. The van der Waals surface area contributed by atoms with E-state index >= 15 is 0 Å². The predicted octanol–water partition coefficient (Wildman–Crippen LogP) is 2.13. The highest BCUT2D eigenvalue weighted by Gasteiger charge is 2.11. The molecule has 1 unspecified atom stereocenters. The molecule has 3 nitrogen and oxygen atoms in total. The molecular formula is C13H22N2O.